The van der Waals surface area contributed by atoms with E-state index in [0.717, 1.165) is 59.8 Å². The van der Waals surface area contributed by atoms with Crippen LogP contribution in [0.1, 0.15) is 25.6 Å². The molecule has 2 aromatic heterocycles. The minimum Gasteiger partial charge on any atom is -0.349 e. The number of hydrogen-bond acceptors (Lipinski definition) is 4. The Balaban J connectivity index is 1.28. The lowest BCUT2D eigenvalue weighted by Gasteiger charge is -2.33. The molecule has 1 atom stereocenters. The van der Waals surface area contributed by atoms with Crippen molar-refractivity contribution in [1.29, 1.82) is 0 Å². The van der Waals surface area contributed by atoms with E-state index < -0.39 is 0 Å². The van der Waals surface area contributed by atoms with E-state index in [2.05, 4.69) is 37.7 Å². The Hall–Kier alpha value is -3.35. The van der Waals surface area contributed by atoms with Gasteiger partial charge in [-0.15, -0.1) is 0 Å². The second-order valence-electron chi connectivity index (χ2n) is 7.85. The highest BCUT2D eigenvalue weighted by atomic mass is 16.1. The Morgan fingerprint density at radius 1 is 1.13 bits per heavy atom. The molecular formula is C23H26N6O. The molecule has 7 nitrogen and oxygen atoms in total. The smallest absolute Gasteiger partial charge is 0.225 e. The van der Waals surface area contributed by atoms with E-state index in [0.29, 0.717) is 13.1 Å². The molecular weight excluding hydrogens is 376 g/mol. The van der Waals surface area contributed by atoms with Gasteiger partial charge in [-0.25, -0.2) is 9.97 Å². The van der Waals surface area contributed by atoms with Gasteiger partial charge in [0.15, 0.2) is 0 Å². The highest BCUT2D eigenvalue weighted by Gasteiger charge is 2.28. The van der Waals surface area contributed by atoms with Gasteiger partial charge in [-0.3, -0.25) is 4.79 Å². The highest BCUT2D eigenvalue weighted by molar-refractivity contribution is 5.81. The summed E-state index contributed by atoms with van der Waals surface area (Å²) >= 11 is 0. The van der Waals surface area contributed by atoms with Crippen molar-refractivity contribution in [3.8, 4) is 0 Å². The molecule has 154 valence electrons. The number of aromatic amines is 1. The number of hydrogen-bond donors (Lipinski definition) is 2. The number of aryl methyl sites for hydroxylation is 1. The molecule has 0 aliphatic carbocycles. The van der Waals surface area contributed by atoms with Gasteiger partial charge in [0.25, 0.3) is 0 Å². The van der Waals surface area contributed by atoms with E-state index in [9.17, 15) is 4.79 Å². The summed E-state index contributed by atoms with van der Waals surface area (Å²) in [6, 6.07) is 16.1. The summed E-state index contributed by atoms with van der Waals surface area (Å²) in [6.07, 6.45) is 1.88. The molecule has 2 aromatic carbocycles. The summed E-state index contributed by atoms with van der Waals surface area (Å²) in [7, 11) is 0. The summed E-state index contributed by atoms with van der Waals surface area (Å²) < 4.78 is 2.24. The lowest BCUT2D eigenvalue weighted by atomic mass is 9.97. The van der Waals surface area contributed by atoms with Gasteiger partial charge in [-0.2, -0.15) is 0 Å². The summed E-state index contributed by atoms with van der Waals surface area (Å²) in [5.41, 5.74) is 4.06. The Labute approximate surface area is 175 Å². The van der Waals surface area contributed by atoms with Crippen LogP contribution in [0.4, 0.5) is 5.95 Å². The van der Waals surface area contributed by atoms with Crippen LogP contribution in [-0.4, -0.2) is 38.5 Å². The molecule has 1 aliphatic heterocycles. The van der Waals surface area contributed by atoms with E-state index in [1.54, 1.807) is 0 Å². The second kappa shape index (κ2) is 7.82. The Morgan fingerprint density at radius 3 is 2.77 bits per heavy atom. The van der Waals surface area contributed by atoms with Crippen molar-refractivity contribution >= 4 is 33.9 Å². The molecule has 1 aliphatic rings. The van der Waals surface area contributed by atoms with E-state index >= 15 is 0 Å². The third-order valence-electron chi connectivity index (χ3n) is 5.89. The van der Waals surface area contributed by atoms with Crippen molar-refractivity contribution in [2.45, 2.75) is 32.9 Å². The van der Waals surface area contributed by atoms with E-state index in [1.165, 1.54) is 0 Å². The van der Waals surface area contributed by atoms with Crippen LogP contribution in [0.2, 0.25) is 0 Å². The topological polar surface area (TPSA) is 78.8 Å². The Morgan fingerprint density at radius 2 is 1.93 bits per heavy atom. The molecule has 0 radical (unpaired) electrons. The molecule has 7 heteroatoms. The first kappa shape index (κ1) is 18.7. The van der Waals surface area contributed by atoms with Crippen LogP contribution in [-0.2, 0) is 17.9 Å². The summed E-state index contributed by atoms with van der Waals surface area (Å²) in [6.45, 7) is 5.03. The molecule has 0 bridgehead atoms. The number of carbonyl (C=O) groups excluding carboxylic acids is 1. The van der Waals surface area contributed by atoms with Crippen LogP contribution in [0.15, 0.2) is 48.5 Å². The number of carbonyl (C=O) groups is 1. The van der Waals surface area contributed by atoms with Gasteiger partial charge in [0.1, 0.15) is 5.82 Å². The molecule has 4 aromatic rings. The minimum absolute atomic E-state index is 0.0479. The summed E-state index contributed by atoms with van der Waals surface area (Å²) in [4.78, 5) is 27.8. The fourth-order valence-corrected chi connectivity index (χ4v) is 4.39. The number of fused-ring (bicyclic) bond motifs is 2. The molecule has 2 N–H and O–H groups in total. The van der Waals surface area contributed by atoms with E-state index in [4.69, 9.17) is 4.98 Å². The largest absolute Gasteiger partial charge is 0.349 e. The molecule has 1 amide bonds. The Kier molecular flexibility index (Phi) is 4.86. The van der Waals surface area contributed by atoms with Crippen molar-refractivity contribution in [2.24, 2.45) is 5.92 Å². The van der Waals surface area contributed by atoms with Crippen molar-refractivity contribution in [3.63, 3.8) is 0 Å². The SMILES string of the molecule is CCn1c(N2CCCC(C(=O)NCc3nc4ccccc4[nH]3)C2)nc2ccccc21. The number of nitrogens with zero attached hydrogens (tertiary/aromatic N) is 4. The first-order valence-corrected chi connectivity index (χ1v) is 10.6. The number of piperidine rings is 1. The van der Waals surface area contributed by atoms with Gasteiger partial charge in [-0.1, -0.05) is 24.3 Å². The number of nitrogens with one attached hydrogen (secondary N) is 2. The zero-order valence-electron chi connectivity index (χ0n) is 17.1. The van der Waals surface area contributed by atoms with Crippen LogP contribution in [0.5, 0.6) is 0 Å². The van der Waals surface area contributed by atoms with Crippen molar-refractivity contribution in [2.75, 3.05) is 18.0 Å². The molecule has 0 spiro atoms. The fraction of sp³-hybridized carbons (Fsp3) is 0.348. The maximum Gasteiger partial charge on any atom is 0.225 e. The number of rotatable bonds is 5. The third kappa shape index (κ3) is 3.40. The number of benzene rings is 2. The number of anilines is 1. The van der Waals surface area contributed by atoms with Crippen LogP contribution >= 0.6 is 0 Å². The average molecular weight is 403 g/mol. The van der Waals surface area contributed by atoms with E-state index in [-0.39, 0.29) is 11.8 Å². The maximum atomic E-state index is 12.9. The van der Waals surface area contributed by atoms with Crippen molar-refractivity contribution in [3.05, 3.63) is 54.4 Å². The predicted octanol–water partition coefficient (Wildman–Crippen LogP) is 3.47. The number of amides is 1. The summed E-state index contributed by atoms with van der Waals surface area (Å²) in [5, 5.41) is 3.07. The van der Waals surface area contributed by atoms with Gasteiger partial charge in [0.05, 0.1) is 34.5 Å². The van der Waals surface area contributed by atoms with Gasteiger partial charge >= 0.3 is 0 Å². The van der Waals surface area contributed by atoms with Gasteiger partial charge in [0.2, 0.25) is 11.9 Å². The van der Waals surface area contributed by atoms with Gasteiger partial charge in [-0.05, 0) is 44.0 Å². The average Bonchev–Trinajstić information content (AvgIpc) is 3.38. The molecule has 0 saturated carbocycles. The van der Waals surface area contributed by atoms with E-state index in [1.807, 2.05) is 42.5 Å². The van der Waals surface area contributed by atoms with Gasteiger partial charge < -0.3 is 19.8 Å². The zero-order chi connectivity index (χ0) is 20.5. The molecule has 5 rings (SSSR count). The van der Waals surface area contributed by atoms with Gasteiger partial charge in [0, 0.05) is 19.6 Å². The predicted molar refractivity (Wildman–Crippen MR) is 118 cm³/mol. The van der Waals surface area contributed by atoms with Crippen molar-refractivity contribution in [1.82, 2.24) is 24.8 Å². The quantitative estimate of drug-likeness (QED) is 0.536. The number of aromatic nitrogens is 4. The van der Waals surface area contributed by atoms with Crippen LogP contribution < -0.4 is 10.2 Å². The minimum atomic E-state index is -0.0479. The maximum absolute atomic E-state index is 12.9. The zero-order valence-corrected chi connectivity index (χ0v) is 17.1. The molecule has 3 heterocycles. The van der Waals surface area contributed by atoms with Crippen LogP contribution in [0.3, 0.4) is 0 Å². The number of para-hydroxylation sites is 4. The second-order valence-corrected chi connectivity index (χ2v) is 7.85. The van der Waals surface area contributed by atoms with Crippen LogP contribution in [0, 0.1) is 5.92 Å². The third-order valence-corrected chi connectivity index (χ3v) is 5.89. The monoisotopic (exact) mass is 402 g/mol. The molecule has 1 unspecified atom stereocenters. The highest BCUT2D eigenvalue weighted by Crippen LogP contribution is 2.27. The summed E-state index contributed by atoms with van der Waals surface area (Å²) in [5.74, 6) is 1.78. The number of imidazole rings is 2. The normalized spacial score (nSPS) is 17.0. The lowest BCUT2D eigenvalue weighted by Crippen LogP contribution is -2.43. The van der Waals surface area contributed by atoms with Crippen molar-refractivity contribution < 1.29 is 4.79 Å². The first-order valence-electron chi connectivity index (χ1n) is 10.6. The first-order chi connectivity index (χ1) is 14.7. The number of H-pyrrole nitrogens is 1. The molecule has 30 heavy (non-hydrogen) atoms. The molecule has 1 fully saturated rings. The van der Waals surface area contributed by atoms with Crippen LogP contribution in [0.25, 0.3) is 22.1 Å². The Bertz CT molecular complexity index is 1160. The standard InChI is InChI=1S/C23H26N6O/c1-2-29-20-12-6-5-11-19(20)27-23(29)28-13-7-8-16(15-28)22(30)24-14-21-25-17-9-3-4-10-18(17)26-21/h3-6,9-12,16H,2,7-8,13-15H2,1H3,(H,24,30)(H,25,26). The molecule has 1 saturated heterocycles. The lowest BCUT2D eigenvalue weighted by molar-refractivity contribution is -0.125. The fourth-order valence-electron chi connectivity index (χ4n) is 4.39.